The lowest BCUT2D eigenvalue weighted by Crippen LogP contribution is -2.54. The summed E-state index contributed by atoms with van der Waals surface area (Å²) in [7, 11) is 1.17. The molecule has 0 aliphatic carbocycles. The third kappa shape index (κ3) is 10.7. The van der Waals surface area contributed by atoms with E-state index < -0.39 is 60.4 Å². The number of esters is 1. The molecule has 0 aromatic heterocycles. The van der Waals surface area contributed by atoms with Gasteiger partial charge in [0.05, 0.1) is 13.5 Å². The van der Waals surface area contributed by atoms with Crippen molar-refractivity contribution >= 4 is 29.8 Å². The second kappa shape index (κ2) is 14.8. The lowest BCUT2D eigenvalue weighted by atomic mass is 9.99. The first-order chi connectivity index (χ1) is 17.7. The molecule has 0 saturated heterocycles. The molecular formula is C26H40N4O8. The Morgan fingerprint density at radius 1 is 1.13 bits per heavy atom. The van der Waals surface area contributed by atoms with Gasteiger partial charge in [-0.25, -0.2) is 4.79 Å². The normalized spacial score (nSPS) is 12.6. The van der Waals surface area contributed by atoms with Crippen LogP contribution in [-0.4, -0.2) is 71.6 Å². The summed E-state index contributed by atoms with van der Waals surface area (Å²) in [5.41, 5.74) is 5.31. The van der Waals surface area contributed by atoms with E-state index in [1.165, 1.54) is 24.1 Å². The number of hydrogen-bond donors (Lipinski definition) is 4. The highest BCUT2D eigenvalue weighted by molar-refractivity contribution is 5.95. The van der Waals surface area contributed by atoms with Crippen molar-refractivity contribution in [2.24, 2.45) is 5.73 Å². The molecule has 0 radical (unpaired) electrons. The summed E-state index contributed by atoms with van der Waals surface area (Å²) in [4.78, 5) is 64.5. The van der Waals surface area contributed by atoms with Crippen LogP contribution < -0.4 is 16.4 Å². The van der Waals surface area contributed by atoms with E-state index in [1.807, 2.05) is 6.92 Å². The van der Waals surface area contributed by atoms with Crippen molar-refractivity contribution < 1.29 is 38.6 Å². The van der Waals surface area contributed by atoms with Crippen LogP contribution in [0.1, 0.15) is 70.5 Å². The molecule has 1 aromatic carbocycles. The number of methoxy groups -OCH3 is 1. The number of rotatable bonds is 13. The van der Waals surface area contributed by atoms with Crippen molar-refractivity contribution in [2.75, 3.05) is 20.2 Å². The molecule has 4 amide bonds. The molecule has 38 heavy (non-hydrogen) atoms. The number of carbonyl (C=O) groups excluding carboxylic acids is 5. The van der Waals surface area contributed by atoms with Crippen LogP contribution in [0.4, 0.5) is 4.79 Å². The van der Waals surface area contributed by atoms with Crippen LogP contribution in [0.15, 0.2) is 18.2 Å². The molecule has 1 aromatic rings. The second-order valence-corrected chi connectivity index (χ2v) is 9.85. The van der Waals surface area contributed by atoms with Crippen molar-refractivity contribution in [3.63, 3.8) is 0 Å². The Hall–Kier alpha value is -3.83. The summed E-state index contributed by atoms with van der Waals surface area (Å²) in [6, 6.07) is 1.73. The average Bonchev–Trinajstić information content (AvgIpc) is 2.81. The first-order valence-corrected chi connectivity index (χ1v) is 12.4. The van der Waals surface area contributed by atoms with Crippen molar-refractivity contribution in [2.45, 2.75) is 78.0 Å². The van der Waals surface area contributed by atoms with Crippen LogP contribution in [0.5, 0.6) is 5.75 Å². The summed E-state index contributed by atoms with van der Waals surface area (Å²) in [6.07, 6.45) is 0.594. The Morgan fingerprint density at radius 2 is 1.79 bits per heavy atom. The summed E-state index contributed by atoms with van der Waals surface area (Å²) in [5, 5.41) is 14.9. The Bertz CT molecular complexity index is 1010. The van der Waals surface area contributed by atoms with E-state index in [0.717, 1.165) is 12.8 Å². The molecule has 12 nitrogen and oxygen atoms in total. The first kappa shape index (κ1) is 32.2. The van der Waals surface area contributed by atoms with Crippen molar-refractivity contribution in [3.8, 4) is 5.75 Å². The number of nitrogens with zero attached hydrogens (tertiary/aromatic N) is 1. The number of hydrogen-bond acceptors (Lipinski definition) is 8. The minimum absolute atomic E-state index is 0.00970. The van der Waals surface area contributed by atoms with Gasteiger partial charge in [-0.3, -0.25) is 19.2 Å². The van der Waals surface area contributed by atoms with E-state index in [4.69, 9.17) is 10.5 Å². The van der Waals surface area contributed by atoms with Crippen molar-refractivity contribution in [3.05, 3.63) is 29.3 Å². The van der Waals surface area contributed by atoms with Gasteiger partial charge in [-0.1, -0.05) is 25.8 Å². The fourth-order valence-corrected chi connectivity index (χ4v) is 3.60. The van der Waals surface area contributed by atoms with Gasteiger partial charge in [0, 0.05) is 6.54 Å². The van der Waals surface area contributed by atoms with E-state index >= 15 is 0 Å². The number of benzene rings is 1. The Balaban J connectivity index is 3.54. The number of amides is 4. The maximum Gasteiger partial charge on any atom is 0.408 e. The highest BCUT2D eigenvalue weighted by Gasteiger charge is 2.37. The Labute approximate surface area is 223 Å². The molecule has 0 aliphatic heterocycles. The van der Waals surface area contributed by atoms with Crippen LogP contribution in [0.3, 0.4) is 0 Å². The molecule has 2 unspecified atom stereocenters. The third-order valence-electron chi connectivity index (χ3n) is 5.41. The number of alkyl carbamates (subject to hydrolysis) is 1. The number of aromatic hydroxyl groups is 1. The van der Waals surface area contributed by atoms with Crippen LogP contribution in [0.2, 0.25) is 0 Å². The molecule has 0 heterocycles. The SMILES string of the molecule is CCCCCN(C(=O)C(CC(N)=O)NC(=O)OC(C)(C)C)C(C(=O)NCC(=O)OC)c1ccc(O)c(C)c1. The zero-order valence-electron chi connectivity index (χ0n) is 23.0. The lowest BCUT2D eigenvalue weighted by Gasteiger charge is -2.34. The Morgan fingerprint density at radius 3 is 2.32 bits per heavy atom. The fourth-order valence-electron chi connectivity index (χ4n) is 3.60. The van der Waals surface area contributed by atoms with Crippen LogP contribution >= 0.6 is 0 Å². The van der Waals surface area contributed by atoms with Crippen LogP contribution in [0, 0.1) is 6.92 Å². The average molecular weight is 537 g/mol. The van der Waals surface area contributed by atoms with Gasteiger partial charge in [-0.05, 0) is 57.4 Å². The number of phenols is 1. The molecule has 1 rings (SSSR count). The summed E-state index contributed by atoms with van der Waals surface area (Å²) < 4.78 is 9.84. The molecule has 0 saturated carbocycles. The number of phenolic OH excluding ortho intramolecular Hbond substituents is 1. The number of carbonyl (C=O) groups is 5. The third-order valence-corrected chi connectivity index (χ3v) is 5.41. The number of ether oxygens (including phenoxy) is 2. The van der Waals surface area contributed by atoms with Gasteiger partial charge in [0.15, 0.2) is 0 Å². The first-order valence-electron chi connectivity index (χ1n) is 12.4. The minimum Gasteiger partial charge on any atom is -0.508 e. The van der Waals surface area contributed by atoms with Crippen molar-refractivity contribution in [1.29, 1.82) is 0 Å². The van der Waals surface area contributed by atoms with E-state index in [0.29, 0.717) is 17.5 Å². The van der Waals surface area contributed by atoms with E-state index in [-0.39, 0.29) is 12.3 Å². The highest BCUT2D eigenvalue weighted by atomic mass is 16.6. The molecule has 2 atom stereocenters. The van der Waals surface area contributed by atoms with Crippen LogP contribution in [0.25, 0.3) is 0 Å². The smallest absolute Gasteiger partial charge is 0.408 e. The monoisotopic (exact) mass is 536 g/mol. The predicted octanol–water partition coefficient (Wildman–Crippen LogP) is 1.82. The fraction of sp³-hybridized carbons (Fsp3) is 0.577. The molecule has 0 aliphatic rings. The minimum atomic E-state index is -1.42. The quantitative estimate of drug-likeness (QED) is 0.218. The standard InChI is InChI=1S/C26H40N4O8/c1-7-8-9-12-30(24(35)18(14-20(27)32)29-25(36)38-26(3,4)5)22(23(34)28-15-21(33)37-6)17-10-11-19(31)16(2)13-17/h10-11,13,18,22,31H,7-9,12,14-15H2,1-6H3,(H2,27,32)(H,28,34)(H,29,36). The van der Waals surface area contributed by atoms with Gasteiger partial charge in [-0.15, -0.1) is 0 Å². The number of nitrogens with one attached hydrogen (secondary N) is 2. The molecular weight excluding hydrogens is 496 g/mol. The number of aryl methyl sites for hydroxylation is 1. The lowest BCUT2D eigenvalue weighted by molar-refractivity contribution is -0.145. The largest absolute Gasteiger partial charge is 0.508 e. The number of unbranched alkanes of at least 4 members (excludes halogenated alkanes) is 2. The van der Waals surface area contributed by atoms with Gasteiger partial charge in [-0.2, -0.15) is 0 Å². The van der Waals surface area contributed by atoms with Gasteiger partial charge in [0.25, 0.3) is 0 Å². The molecule has 0 bridgehead atoms. The van der Waals surface area contributed by atoms with Gasteiger partial charge in [0.1, 0.15) is 30.0 Å². The Kier molecular flexibility index (Phi) is 12.5. The van der Waals surface area contributed by atoms with E-state index in [9.17, 15) is 29.1 Å². The zero-order chi connectivity index (χ0) is 29.0. The summed E-state index contributed by atoms with van der Waals surface area (Å²) in [5.74, 6) is -2.99. The van der Waals surface area contributed by atoms with Crippen LogP contribution in [-0.2, 0) is 28.7 Å². The topological polar surface area (TPSA) is 177 Å². The summed E-state index contributed by atoms with van der Waals surface area (Å²) in [6.45, 7) is 8.17. The van der Waals surface area contributed by atoms with E-state index in [1.54, 1.807) is 33.8 Å². The zero-order valence-corrected chi connectivity index (χ0v) is 23.0. The maximum atomic E-state index is 13.9. The highest BCUT2D eigenvalue weighted by Crippen LogP contribution is 2.28. The molecule has 12 heteroatoms. The molecule has 212 valence electrons. The predicted molar refractivity (Wildman–Crippen MR) is 139 cm³/mol. The van der Waals surface area contributed by atoms with Gasteiger partial charge in [0.2, 0.25) is 17.7 Å². The molecule has 0 spiro atoms. The molecule has 5 N–H and O–H groups in total. The van der Waals surface area contributed by atoms with E-state index in [2.05, 4.69) is 15.4 Å². The number of primary amides is 1. The van der Waals surface area contributed by atoms with Gasteiger partial charge < -0.3 is 35.8 Å². The summed E-state index contributed by atoms with van der Waals surface area (Å²) >= 11 is 0. The second-order valence-electron chi connectivity index (χ2n) is 9.85. The van der Waals surface area contributed by atoms with Crippen molar-refractivity contribution in [1.82, 2.24) is 15.5 Å². The maximum absolute atomic E-state index is 13.9. The molecule has 0 fully saturated rings. The number of nitrogens with two attached hydrogens (primary N) is 1. The van der Waals surface area contributed by atoms with Gasteiger partial charge >= 0.3 is 12.1 Å².